The molecule has 2 atom stereocenters. The lowest BCUT2D eigenvalue weighted by Gasteiger charge is -2.08. The van der Waals surface area contributed by atoms with Gasteiger partial charge in [0.05, 0.1) is 0 Å². The summed E-state index contributed by atoms with van der Waals surface area (Å²) in [5.41, 5.74) is 6.00. The summed E-state index contributed by atoms with van der Waals surface area (Å²) < 4.78 is 0. The van der Waals surface area contributed by atoms with Crippen LogP contribution in [0.3, 0.4) is 0 Å². The van der Waals surface area contributed by atoms with Gasteiger partial charge in [-0.05, 0) is 0 Å². The lowest BCUT2D eigenvalue weighted by atomic mass is 10.7. The Bertz CT molecular complexity index is 155. The van der Waals surface area contributed by atoms with E-state index in [1.54, 1.807) is 0 Å². The fourth-order valence-electron chi connectivity index (χ4n) is 0.256. The number of primary amides is 2. The Morgan fingerprint density at radius 1 is 1.09 bits per heavy atom. The van der Waals surface area contributed by atoms with Gasteiger partial charge in [0.25, 0.3) is 11.8 Å². The summed E-state index contributed by atoms with van der Waals surface area (Å²) in [6.07, 6.45) is 0. The number of carbonyl (C=O) groups excluding carboxylic acids is 2. The molecule has 0 aromatic carbocycles. The van der Waals surface area contributed by atoms with E-state index in [0.29, 0.717) is 0 Å². The van der Waals surface area contributed by atoms with Gasteiger partial charge in [0.15, 0.2) is 10.9 Å². The molecule has 0 heterocycles. The summed E-state index contributed by atoms with van der Waals surface area (Å²) in [6.45, 7) is 0. The Morgan fingerprint density at radius 3 is 1.55 bits per heavy atom. The highest BCUT2D eigenvalue weighted by Crippen LogP contribution is 2.12. The number of rotatable bonds is 4. The highest BCUT2D eigenvalue weighted by atomic mass is 32.2. The van der Waals surface area contributed by atoms with E-state index in [4.69, 9.17) is 10.2 Å². The van der Waals surface area contributed by atoms with Crippen molar-refractivity contribution < 1.29 is 19.8 Å². The van der Waals surface area contributed by atoms with Crippen molar-refractivity contribution in [1.82, 2.24) is 0 Å². The Morgan fingerprint density at radius 2 is 1.36 bits per heavy atom. The fraction of sp³-hybridized carbons (Fsp3) is 0.500. The lowest BCUT2D eigenvalue weighted by Crippen LogP contribution is -2.32. The van der Waals surface area contributed by atoms with Crippen molar-refractivity contribution >= 4 is 23.6 Å². The van der Waals surface area contributed by atoms with Gasteiger partial charge in [0.1, 0.15) is 0 Å². The zero-order valence-corrected chi connectivity index (χ0v) is 6.25. The molecule has 7 heteroatoms. The van der Waals surface area contributed by atoms with Gasteiger partial charge in [-0.25, -0.2) is 0 Å². The molecule has 2 unspecified atom stereocenters. The summed E-state index contributed by atoms with van der Waals surface area (Å²) in [5, 5.41) is 17.3. The molecule has 0 saturated heterocycles. The van der Waals surface area contributed by atoms with Crippen LogP contribution in [0.15, 0.2) is 0 Å². The van der Waals surface area contributed by atoms with E-state index < -0.39 is 22.7 Å². The van der Waals surface area contributed by atoms with E-state index in [9.17, 15) is 9.59 Å². The third-order valence-corrected chi connectivity index (χ3v) is 1.72. The highest BCUT2D eigenvalue weighted by Gasteiger charge is 2.20. The molecule has 0 fully saturated rings. The molecule has 0 aromatic rings. The minimum absolute atomic E-state index is 0.278. The first-order chi connectivity index (χ1) is 4.95. The fourth-order valence-corrected chi connectivity index (χ4v) is 0.769. The van der Waals surface area contributed by atoms with E-state index in [2.05, 4.69) is 11.5 Å². The van der Waals surface area contributed by atoms with Crippen LogP contribution in [0.25, 0.3) is 0 Å². The third-order valence-electron chi connectivity index (χ3n) is 0.745. The van der Waals surface area contributed by atoms with Crippen molar-refractivity contribution in [1.29, 1.82) is 0 Å². The summed E-state index contributed by atoms with van der Waals surface area (Å²) in [6, 6.07) is 0. The first-order valence-corrected chi connectivity index (χ1v) is 3.49. The van der Waals surface area contributed by atoms with Gasteiger partial charge in [-0.2, -0.15) is 0 Å². The quantitative estimate of drug-likeness (QED) is 0.351. The van der Waals surface area contributed by atoms with Crippen LogP contribution in [0, 0.1) is 0 Å². The number of carbonyl (C=O) groups is 2. The molecule has 0 saturated carbocycles. The maximum Gasteiger partial charge on any atom is 0.256 e. The maximum atomic E-state index is 10.1. The van der Waals surface area contributed by atoms with Crippen molar-refractivity contribution in [3.8, 4) is 0 Å². The molecule has 0 bridgehead atoms. The first-order valence-electron chi connectivity index (χ1n) is 2.55. The van der Waals surface area contributed by atoms with Gasteiger partial charge in [-0.3, -0.25) is 9.59 Å². The van der Waals surface area contributed by atoms with Crippen molar-refractivity contribution in [2.45, 2.75) is 10.9 Å². The minimum atomic E-state index is -1.61. The molecular formula is C4H8N2O4S. The molecule has 0 aromatic heterocycles. The number of amides is 2. The summed E-state index contributed by atoms with van der Waals surface area (Å²) in [4.78, 5) is 20.3. The van der Waals surface area contributed by atoms with Gasteiger partial charge < -0.3 is 21.7 Å². The number of thioether (sulfide) groups is 1. The van der Waals surface area contributed by atoms with Crippen molar-refractivity contribution in [2.75, 3.05) is 0 Å². The standard InChI is InChI=1S/C4H8N2O4S/c5-1(7)3(9)11-4(10)2(6)8/h3-4,9-10H,(H2,5,7)(H2,6,8). The Hall–Kier alpha value is -0.790. The molecule has 2 amide bonds. The van der Waals surface area contributed by atoms with Crippen LogP contribution < -0.4 is 11.5 Å². The van der Waals surface area contributed by atoms with Crippen LogP contribution in [0.4, 0.5) is 0 Å². The van der Waals surface area contributed by atoms with Gasteiger partial charge in [-0.1, -0.05) is 11.8 Å². The SMILES string of the molecule is NC(=O)C(O)SC(O)C(N)=O. The third kappa shape index (κ3) is 3.81. The molecule has 11 heavy (non-hydrogen) atoms. The number of aliphatic hydroxyl groups excluding tert-OH is 2. The lowest BCUT2D eigenvalue weighted by molar-refractivity contribution is -0.122. The second kappa shape index (κ2) is 4.16. The molecular weight excluding hydrogens is 172 g/mol. The summed E-state index contributed by atoms with van der Waals surface area (Å²) in [7, 11) is 0. The average Bonchev–Trinajstić information content (AvgIpc) is 1.87. The predicted octanol–water partition coefficient (Wildman–Crippen LogP) is -2.67. The van der Waals surface area contributed by atoms with E-state index in [1.165, 1.54) is 0 Å². The second-order valence-corrected chi connectivity index (χ2v) is 2.81. The zero-order chi connectivity index (χ0) is 9.02. The molecule has 0 aliphatic heterocycles. The Kier molecular flexibility index (Phi) is 3.86. The molecule has 0 radical (unpaired) electrons. The minimum Gasteiger partial charge on any atom is -0.373 e. The van der Waals surface area contributed by atoms with Crippen molar-refractivity contribution in [3.05, 3.63) is 0 Å². The number of hydrogen-bond donors (Lipinski definition) is 4. The van der Waals surface area contributed by atoms with Crippen molar-refractivity contribution in [3.63, 3.8) is 0 Å². The van der Waals surface area contributed by atoms with Gasteiger partial charge >= 0.3 is 0 Å². The molecule has 0 aliphatic rings. The van der Waals surface area contributed by atoms with Gasteiger partial charge in [0.2, 0.25) is 0 Å². The number of aliphatic hydroxyl groups is 2. The normalized spacial score (nSPS) is 15.5. The van der Waals surface area contributed by atoms with Crippen LogP contribution >= 0.6 is 11.8 Å². The van der Waals surface area contributed by atoms with Crippen LogP contribution in [-0.2, 0) is 9.59 Å². The number of nitrogens with two attached hydrogens (primary N) is 2. The van der Waals surface area contributed by atoms with Gasteiger partial charge in [0, 0.05) is 0 Å². The highest BCUT2D eigenvalue weighted by molar-refractivity contribution is 8.01. The first kappa shape index (κ1) is 10.2. The van der Waals surface area contributed by atoms with Gasteiger partial charge in [-0.15, -0.1) is 0 Å². The second-order valence-electron chi connectivity index (χ2n) is 1.65. The molecule has 64 valence electrons. The largest absolute Gasteiger partial charge is 0.373 e. The Labute approximate surface area is 66.5 Å². The van der Waals surface area contributed by atoms with Crippen LogP contribution in [0.2, 0.25) is 0 Å². The van der Waals surface area contributed by atoms with Crippen LogP contribution in [0.5, 0.6) is 0 Å². The molecule has 0 aliphatic carbocycles. The van der Waals surface area contributed by atoms with E-state index in [0.717, 1.165) is 0 Å². The average molecular weight is 180 g/mol. The predicted molar refractivity (Wildman–Crippen MR) is 38.0 cm³/mol. The Balaban J connectivity index is 3.84. The monoisotopic (exact) mass is 180 g/mol. The molecule has 0 rings (SSSR count). The topological polar surface area (TPSA) is 127 Å². The van der Waals surface area contributed by atoms with Crippen LogP contribution in [0.1, 0.15) is 0 Å². The maximum absolute atomic E-state index is 10.1. The molecule has 6 N–H and O–H groups in total. The molecule has 6 nitrogen and oxygen atoms in total. The van der Waals surface area contributed by atoms with Crippen LogP contribution in [-0.4, -0.2) is 32.9 Å². The van der Waals surface area contributed by atoms with E-state index in [1.807, 2.05) is 0 Å². The summed E-state index contributed by atoms with van der Waals surface area (Å²) in [5.74, 6) is -2.06. The van der Waals surface area contributed by atoms with E-state index in [-0.39, 0.29) is 11.8 Å². The smallest absolute Gasteiger partial charge is 0.256 e. The number of hydrogen-bond acceptors (Lipinski definition) is 5. The van der Waals surface area contributed by atoms with Crippen molar-refractivity contribution in [2.24, 2.45) is 11.5 Å². The van der Waals surface area contributed by atoms with E-state index >= 15 is 0 Å². The molecule has 0 spiro atoms. The zero-order valence-electron chi connectivity index (χ0n) is 5.43. The summed E-state index contributed by atoms with van der Waals surface area (Å²) >= 11 is 0.278.